The molecule has 2 aliphatic carbocycles. The van der Waals surface area contributed by atoms with Gasteiger partial charge in [-0.1, -0.05) is 36.1 Å². The number of ether oxygens (including phenoxy) is 2. The number of aliphatic hydroxyl groups excluding tert-OH is 3. The lowest BCUT2D eigenvalue weighted by atomic mass is 9.64. The second-order valence-electron chi connectivity index (χ2n) is 17.7. The number of aliphatic hydroxyl groups is 4. The van der Waals surface area contributed by atoms with Crippen LogP contribution in [0.2, 0.25) is 0 Å². The molecule has 2 aromatic carbocycles. The smallest absolute Gasteiger partial charge is 0.302 e. The lowest BCUT2D eigenvalue weighted by Gasteiger charge is -2.52. The summed E-state index contributed by atoms with van der Waals surface area (Å²) in [6.45, 7) is 5.27. The fourth-order valence-corrected chi connectivity index (χ4v) is 10.5. The first-order valence-electron chi connectivity index (χ1n) is 21.4. The van der Waals surface area contributed by atoms with Crippen molar-refractivity contribution in [1.82, 2.24) is 16.0 Å². The molecule has 1 spiro atoms. The van der Waals surface area contributed by atoms with Crippen LogP contribution in [0, 0.1) is 35.0 Å². The molecule has 10 atom stereocenters. The number of fused-ring (bicyclic) bond motifs is 8. The van der Waals surface area contributed by atoms with E-state index in [1.165, 1.54) is 24.1 Å². The average molecular weight is 802 g/mol. The van der Waals surface area contributed by atoms with Crippen LogP contribution in [-0.2, 0) is 28.8 Å². The number of hydrogen-bond donors (Lipinski definition) is 9. The standard InChI is InChI=1S/C45H63N5O8/c1-27(51)44-13-8-32-19-31-6-7-41(47-15-10-29-4-3-5-30(18-29)11-16-48-43(46)49-26-44)45(24-31)25-35(12-17-50-45)58-40-21-33(37(42(55)56)23-38(40)54)20-36(32)39(57-28(2)52)22-34(53)9-14-44/h3-5,18,21,23,27,31-32,34-36,39,41-42,47,50-51,53-56H,6-7,9-12,14-17,19-20,22,24-26H2,1-2H3,(H3,46,48,49). The number of benzene rings is 2. The fourth-order valence-electron chi connectivity index (χ4n) is 10.5. The summed E-state index contributed by atoms with van der Waals surface area (Å²) in [7, 11) is 0. The molecule has 2 fully saturated rings. The summed E-state index contributed by atoms with van der Waals surface area (Å²) in [4.78, 5) is 17.6. The van der Waals surface area contributed by atoms with Crippen LogP contribution in [0.5, 0.6) is 11.5 Å². The van der Waals surface area contributed by atoms with Crippen LogP contribution in [-0.4, -0.2) is 99.6 Å². The third kappa shape index (κ3) is 9.75. The summed E-state index contributed by atoms with van der Waals surface area (Å²) in [6.07, 6.45) is 2.57. The van der Waals surface area contributed by atoms with Gasteiger partial charge in [0.25, 0.3) is 0 Å². The lowest BCUT2D eigenvalue weighted by Crippen LogP contribution is -2.66. The van der Waals surface area contributed by atoms with Gasteiger partial charge in [-0.05, 0) is 119 Å². The van der Waals surface area contributed by atoms with Crippen LogP contribution in [0.3, 0.4) is 0 Å². The van der Waals surface area contributed by atoms with E-state index in [4.69, 9.17) is 20.2 Å². The zero-order valence-corrected chi connectivity index (χ0v) is 34.0. The van der Waals surface area contributed by atoms with Gasteiger partial charge in [-0.25, -0.2) is 0 Å². The Kier molecular flexibility index (Phi) is 13.2. The van der Waals surface area contributed by atoms with E-state index in [0.717, 1.165) is 51.6 Å². The highest BCUT2D eigenvalue weighted by molar-refractivity contribution is 5.77. The highest BCUT2D eigenvalue weighted by Crippen LogP contribution is 2.46. The van der Waals surface area contributed by atoms with Crippen LogP contribution in [0.4, 0.5) is 0 Å². The number of nitrogens with zero attached hydrogens (tertiary/aromatic N) is 1. The summed E-state index contributed by atoms with van der Waals surface area (Å²) >= 11 is 0. The van der Waals surface area contributed by atoms with Crippen molar-refractivity contribution in [3.63, 3.8) is 0 Å². The maximum Gasteiger partial charge on any atom is 0.302 e. The third-order valence-corrected chi connectivity index (χ3v) is 13.6. The Morgan fingerprint density at radius 1 is 1.03 bits per heavy atom. The van der Waals surface area contributed by atoms with E-state index in [9.17, 15) is 30.3 Å². The van der Waals surface area contributed by atoms with E-state index >= 15 is 0 Å². The average Bonchev–Trinajstić information content (AvgIpc) is 3.17. The van der Waals surface area contributed by atoms with Gasteiger partial charge >= 0.3 is 5.97 Å². The number of nitrogens with two attached hydrogens (primary N) is 1. The highest BCUT2D eigenvalue weighted by Gasteiger charge is 2.49. The lowest BCUT2D eigenvalue weighted by molar-refractivity contribution is -0.152. The van der Waals surface area contributed by atoms with Gasteiger partial charge in [0.05, 0.1) is 24.2 Å². The Hall–Kier alpha value is -3.90. The maximum absolute atomic E-state index is 12.8. The number of hydrogen-bond acceptors (Lipinski definition) is 13. The third-order valence-electron chi connectivity index (χ3n) is 13.6. The number of esters is 1. The van der Waals surface area contributed by atoms with Gasteiger partial charge in [0.15, 0.2) is 23.7 Å². The first-order chi connectivity index (χ1) is 27.8. The molecule has 316 valence electrons. The van der Waals surface area contributed by atoms with Crippen molar-refractivity contribution in [1.29, 1.82) is 0 Å². The molecule has 5 aliphatic rings. The first-order valence-corrected chi connectivity index (χ1v) is 21.4. The largest absolute Gasteiger partial charge is 0.504 e. The predicted molar refractivity (Wildman–Crippen MR) is 220 cm³/mol. The number of aromatic hydroxyl groups is 1. The number of nitrogens with one attached hydrogen (secondary N) is 3. The van der Waals surface area contributed by atoms with Crippen molar-refractivity contribution in [3.05, 3.63) is 58.7 Å². The highest BCUT2D eigenvalue weighted by atomic mass is 16.5. The van der Waals surface area contributed by atoms with Crippen molar-refractivity contribution in [2.45, 2.75) is 133 Å². The topological polar surface area (TPSA) is 211 Å². The van der Waals surface area contributed by atoms with Gasteiger partial charge in [-0.3, -0.25) is 9.79 Å². The SMILES string of the molecule is CC(=O)OC1CC(O)CCC2(C(C)O)C#CC3CC4CCC(NCCc5cccc(c5)CCNC(N)=NC2)C2(C4)CC(CCN2)Oc2cc(c(C(O)O)cc2O)CC31. The molecular weight excluding hydrogens is 739 g/mol. The van der Waals surface area contributed by atoms with Crippen molar-refractivity contribution in [2.75, 3.05) is 26.2 Å². The molecular formula is C45H63N5O8. The van der Waals surface area contributed by atoms with Crippen LogP contribution in [0.25, 0.3) is 0 Å². The van der Waals surface area contributed by atoms with E-state index < -0.39 is 47.8 Å². The molecule has 0 amide bonds. The molecule has 2 aromatic rings. The van der Waals surface area contributed by atoms with Gasteiger partial charge < -0.3 is 56.7 Å². The molecule has 10 unspecified atom stereocenters. The molecule has 58 heavy (non-hydrogen) atoms. The second kappa shape index (κ2) is 18.2. The van der Waals surface area contributed by atoms with E-state index in [0.29, 0.717) is 31.4 Å². The van der Waals surface area contributed by atoms with Crippen LogP contribution in [0.15, 0.2) is 41.4 Å². The van der Waals surface area contributed by atoms with E-state index in [2.05, 4.69) is 52.1 Å². The molecule has 3 heterocycles. The molecule has 10 N–H and O–H groups in total. The molecule has 3 aliphatic heterocycles. The number of phenolic OH excluding ortho intramolecular Hbond substituents is 1. The summed E-state index contributed by atoms with van der Waals surface area (Å²) in [5, 5.41) is 66.9. The number of rotatable bonds is 3. The zero-order valence-electron chi connectivity index (χ0n) is 34.0. The van der Waals surface area contributed by atoms with Crippen molar-refractivity contribution >= 4 is 11.9 Å². The zero-order chi connectivity index (χ0) is 41.0. The molecule has 13 nitrogen and oxygen atoms in total. The number of guanidine groups is 1. The number of carbonyl (C=O) groups is 1. The maximum atomic E-state index is 12.8. The van der Waals surface area contributed by atoms with Gasteiger partial charge in [-0.2, -0.15) is 0 Å². The number of aliphatic imine (C=N–C) groups is 1. The molecule has 1 saturated heterocycles. The van der Waals surface area contributed by atoms with Crippen LogP contribution in [0.1, 0.15) is 100 Å². The Balaban J connectivity index is 1.40. The monoisotopic (exact) mass is 801 g/mol. The number of piperidine rings is 1. The molecule has 7 rings (SSSR count). The Morgan fingerprint density at radius 2 is 1.83 bits per heavy atom. The summed E-state index contributed by atoms with van der Waals surface area (Å²) in [5.74, 6) is 6.27. The summed E-state index contributed by atoms with van der Waals surface area (Å²) in [5.41, 5.74) is 8.14. The van der Waals surface area contributed by atoms with E-state index in [-0.39, 0.29) is 72.4 Å². The van der Waals surface area contributed by atoms with Crippen molar-refractivity contribution in [3.8, 4) is 23.3 Å². The Labute approximate surface area is 342 Å². The fraction of sp³-hybridized carbons (Fsp3) is 0.644. The molecule has 0 radical (unpaired) electrons. The van der Waals surface area contributed by atoms with E-state index in [1.807, 2.05) is 0 Å². The van der Waals surface area contributed by atoms with E-state index in [1.54, 1.807) is 13.0 Å². The number of phenols is 1. The molecule has 0 aromatic heterocycles. The second-order valence-corrected chi connectivity index (χ2v) is 17.7. The summed E-state index contributed by atoms with van der Waals surface area (Å²) < 4.78 is 12.8. The van der Waals surface area contributed by atoms with Crippen molar-refractivity contribution in [2.24, 2.45) is 33.9 Å². The number of carbonyl (C=O) groups excluding carboxylic acids is 1. The normalized spacial score (nSPS) is 33.8. The first kappa shape index (κ1) is 42.2. The summed E-state index contributed by atoms with van der Waals surface area (Å²) in [6, 6.07) is 11.8. The molecule has 1 saturated carbocycles. The van der Waals surface area contributed by atoms with Gasteiger partial charge in [-0.15, -0.1) is 0 Å². The minimum atomic E-state index is -1.90. The van der Waals surface area contributed by atoms with Crippen LogP contribution < -0.4 is 26.4 Å². The van der Waals surface area contributed by atoms with Crippen molar-refractivity contribution < 1.29 is 39.8 Å². The van der Waals surface area contributed by atoms with Crippen LogP contribution >= 0.6 is 0 Å². The Bertz CT molecular complexity index is 1860. The Morgan fingerprint density at radius 3 is 2.59 bits per heavy atom. The minimum absolute atomic E-state index is 0.105. The molecule has 10 bridgehead atoms. The van der Waals surface area contributed by atoms with Gasteiger partial charge in [0.2, 0.25) is 0 Å². The minimum Gasteiger partial charge on any atom is -0.504 e. The predicted octanol–water partition coefficient (Wildman–Crippen LogP) is 2.73. The van der Waals surface area contributed by atoms with Gasteiger partial charge in [0.1, 0.15) is 12.2 Å². The van der Waals surface area contributed by atoms with Gasteiger partial charge in [0, 0.05) is 55.3 Å². The molecule has 13 heteroatoms. The quantitative estimate of drug-likeness (QED) is 0.125.